The van der Waals surface area contributed by atoms with Crippen LogP contribution in [0.5, 0.6) is 0 Å². The fourth-order valence-corrected chi connectivity index (χ4v) is 3.48. The molecule has 26 heavy (non-hydrogen) atoms. The Balaban J connectivity index is 2.17. The van der Waals surface area contributed by atoms with Crippen LogP contribution in [0.25, 0.3) is 0 Å². The number of amides is 2. The Bertz CT molecular complexity index is 931. The molecule has 138 valence electrons. The standard InChI is InChI=1S/C17H18BrN3O4S/c1-12(22)19-14-6-4-7-15(10-14)20-17(23)11-21(26(2,24)25)16-8-3-5-13(18)9-16/h3-10H,11H2,1-2H3,(H,19,22)(H,20,23). The molecular weight excluding hydrogens is 422 g/mol. The zero-order chi connectivity index (χ0) is 19.3. The molecule has 0 aliphatic heterocycles. The maximum absolute atomic E-state index is 12.3. The molecule has 0 saturated carbocycles. The molecule has 0 saturated heterocycles. The van der Waals surface area contributed by atoms with Gasteiger partial charge in [0.2, 0.25) is 21.8 Å². The third-order valence-corrected chi connectivity index (χ3v) is 4.88. The summed E-state index contributed by atoms with van der Waals surface area (Å²) < 4.78 is 25.9. The average Bonchev–Trinajstić information content (AvgIpc) is 2.51. The van der Waals surface area contributed by atoms with E-state index in [0.717, 1.165) is 10.6 Å². The van der Waals surface area contributed by atoms with Crippen molar-refractivity contribution in [1.82, 2.24) is 0 Å². The van der Waals surface area contributed by atoms with Gasteiger partial charge in [-0.3, -0.25) is 13.9 Å². The van der Waals surface area contributed by atoms with Crippen molar-refractivity contribution >= 4 is 54.8 Å². The molecule has 0 fully saturated rings. The van der Waals surface area contributed by atoms with Crippen LogP contribution in [0.4, 0.5) is 17.1 Å². The first-order chi connectivity index (χ1) is 12.1. The minimum atomic E-state index is -3.65. The first-order valence-electron chi connectivity index (χ1n) is 7.56. The number of carbonyl (C=O) groups excluding carboxylic acids is 2. The Morgan fingerprint density at radius 1 is 1.04 bits per heavy atom. The molecule has 2 amide bonds. The number of halogens is 1. The zero-order valence-electron chi connectivity index (χ0n) is 14.2. The Morgan fingerprint density at radius 2 is 1.65 bits per heavy atom. The maximum atomic E-state index is 12.3. The Hall–Kier alpha value is -2.39. The second kappa shape index (κ2) is 8.33. The number of hydrogen-bond donors (Lipinski definition) is 2. The van der Waals surface area contributed by atoms with E-state index in [9.17, 15) is 18.0 Å². The van der Waals surface area contributed by atoms with E-state index in [1.54, 1.807) is 48.5 Å². The van der Waals surface area contributed by atoms with E-state index in [1.165, 1.54) is 6.92 Å². The lowest BCUT2D eigenvalue weighted by atomic mass is 10.2. The molecule has 2 N–H and O–H groups in total. The number of rotatable bonds is 6. The van der Waals surface area contributed by atoms with Crippen molar-refractivity contribution in [2.24, 2.45) is 0 Å². The number of sulfonamides is 1. The van der Waals surface area contributed by atoms with Gasteiger partial charge in [-0.25, -0.2) is 8.42 Å². The SMILES string of the molecule is CC(=O)Nc1cccc(NC(=O)CN(c2cccc(Br)c2)S(C)(=O)=O)c1. The molecule has 7 nitrogen and oxygen atoms in total. The van der Waals surface area contributed by atoms with Gasteiger partial charge in [0.25, 0.3) is 0 Å². The lowest BCUT2D eigenvalue weighted by Gasteiger charge is -2.22. The van der Waals surface area contributed by atoms with Crippen molar-refractivity contribution < 1.29 is 18.0 Å². The second-order valence-electron chi connectivity index (χ2n) is 5.56. The van der Waals surface area contributed by atoms with Crippen LogP contribution in [0.15, 0.2) is 53.0 Å². The van der Waals surface area contributed by atoms with Gasteiger partial charge in [0.15, 0.2) is 0 Å². The van der Waals surface area contributed by atoms with Crippen molar-refractivity contribution in [3.05, 3.63) is 53.0 Å². The van der Waals surface area contributed by atoms with Gasteiger partial charge in [0.1, 0.15) is 6.54 Å². The highest BCUT2D eigenvalue weighted by Crippen LogP contribution is 2.22. The van der Waals surface area contributed by atoms with Crippen molar-refractivity contribution in [1.29, 1.82) is 0 Å². The highest BCUT2D eigenvalue weighted by Gasteiger charge is 2.21. The Kier molecular flexibility index (Phi) is 6.38. The molecule has 0 atom stereocenters. The van der Waals surface area contributed by atoms with Crippen LogP contribution in [0.2, 0.25) is 0 Å². The number of anilines is 3. The summed E-state index contributed by atoms with van der Waals surface area (Å²) >= 11 is 3.29. The zero-order valence-corrected chi connectivity index (χ0v) is 16.6. The molecule has 0 unspecified atom stereocenters. The summed E-state index contributed by atoms with van der Waals surface area (Å²) in [6, 6.07) is 13.3. The highest BCUT2D eigenvalue weighted by atomic mass is 79.9. The van der Waals surface area contributed by atoms with Crippen LogP contribution < -0.4 is 14.9 Å². The summed E-state index contributed by atoms with van der Waals surface area (Å²) in [7, 11) is -3.65. The molecule has 0 aromatic heterocycles. The van der Waals surface area contributed by atoms with Crippen LogP contribution in [0, 0.1) is 0 Å². The highest BCUT2D eigenvalue weighted by molar-refractivity contribution is 9.10. The third kappa shape index (κ3) is 5.85. The molecule has 0 aliphatic carbocycles. The van der Waals surface area contributed by atoms with Crippen molar-refractivity contribution in [2.45, 2.75) is 6.92 Å². The van der Waals surface area contributed by atoms with Crippen LogP contribution in [0.3, 0.4) is 0 Å². The van der Waals surface area contributed by atoms with E-state index in [2.05, 4.69) is 26.6 Å². The van der Waals surface area contributed by atoms with Gasteiger partial charge in [-0.1, -0.05) is 28.1 Å². The van der Waals surface area contributed by atoms with E-state index in [0.29, 0.717) is 21.5 Å². The number of hydrogen-bond acceptors (Lipinski definition) is 4. The van der Waals surface area contributed by atoms with Gasteiger partial charge in [0.05, 0.1) is 11.9 Å². The van der Waals surface area contributed by atoms with Crippen LogP contribution >= 0.6 is 15.9 Å². The molecule has 2 rings (SSSR count). The molecule has 9 heteroatoms. The molecular formula is C17H18BrN3O4S. The van der Waals surface area contributed by atoms with E-state index >= 15 is 0 Å². The molecule has 0 radical (unpaired) electrons. The topological polar surface area (TPSA) is 95.6 Å². The van der Waals surface area contributed by atoms with Gasteiger partial charge in [-0.05, 0) is 36.4 Å². The van der Waals surface area contributed by atoms with Crippen LogP contribution in [-0.2, 0) is 19.6 Å². The van der Waals surface area contributed by atoms with Gasteiger partial charge >= 0.3 is 0 Å². The maximum Gasteiger partial charge on any atom is 0.245 e. The van der Waals surface area contributed by atoms with Crippen LogP contribution in [0.1, 0.15) is 6.92 Å². The quantitative estimate of drug-likeness (QED) is 0.722. The first kappa shape index (κ1) is 19.9. The molecule has 2 aromatic rings. The lowest BCUT2D eigenvalue weighted by molar-refractivity contribution is -0.115. The predicted octanol–water partition coefficient (Wildman–Crippen LogP) is 2.81. The van der Waals surface area contributed by atoms with Gasteiger partial charge in [-0.2, -0.15) is 0 Å². The van der Waals surface area contributed by atoms with E-state index in [4.69, 9.17) is 0 Å². The smallest absolute Gasteiger partial charge is 0.245 e. The molecule has 0 aliphatic rings. The molecule has 0 heterocycles. The first-order valence-corrected chi connectivity index (χ1v) is 10.2. The predicted molar refractivity (Wildman–Crippen MR) is 106 cm³/mol. The lowest BCUT2D eigenvalue weighted by Crippen LogP contribution is -2.37. The number of carbonyl (C=O) groups is 2. The third-order valence-electron chi connectivity index (χ3n) is 3.25. The minimum Gasteiger partial charge on any atom is -0.326 e. The monoisotopic (exact) mass is 439 g/mol. The average molecular weight is 440 g/mol. The van der Waals surface area contributed by atoms with Crippen molar-refractivity contribution in [2.75, 3.05) is 27.7 Å². The summed E-state index contributed by atoms with van der Waals surface area (Å²) in [5.41, 5.74) is 1.36. The largest absolute Gasteiger partial charge is 0.326 e. The minimum absolute atomic E-state index is 0.230. The van der Waals surface area contributed by atoms with E-state index in [-0.39, 0.29) is 12.5 Å². The Labute approximate surface area is 160 Å². The number of nitrogens with one attached hydrogen (secondary N) is 2. The Morgan fingerprint density at radius 3 is 2.23 bits per heavy atom. The van der Waals surface area contributed by atoms with Crippen LogP contribution in [-0.4, -0.2) is 33.0 Å². The molecule has 0 bridgehead atoms. The van der Waals surface area contributed by atoms with E-state index < -0.39 is 15.9 Å². The second-order valence-corrected chi connectivity index (χ2v) is 8.38. The number of nitrogens with zero attached hydrogens (tertiary/aromatic N) is 1. The molecule has 2 aromatic carbocycles. The van der Waals surface area contributed by atoms with E-state index in [1.807, 2.05) is 0 Å². The summed E-state index contributed by atoms with van der Waals surface area (Å²) in [5, 5.41) is 5.25. The van der Waals surface area contributed by atoms with Crippen molar-refractivity contribution in [3.8, 4) is 0 Å². The summed E-state index contributed by atoms with van der Waals surface area (Å²) in [6.07, 6.45) is 1.04. The normalized spacial score (nSPS) is 10.9. The number of benzene rings is 2. The fourth-order valence-electron chi connectivity index (χ4n) is 2.24. The van der Waals surface area contributed by atoms with Gasteiger partial charge in [0, 0.05) is 22.8 Å². The fraction of sp³-hybridized carbons (Fsp3) is 0.176. The van der Waals surface area contributed by atoms with Gasteiger partial charge in [-0.15, -0.1) is 0 Å². The molecule has 0 spiro atoms. The summed E-state index contributed by atoms with van der Waals surface area (Å²) in [5.74, 6) is -0.734. The van der Waals surface area contributed by atoms with Crippen molar-refractivity contribution in [3.63, 3.8) is 0 Å². The van der Waals surface area contributed by atoms with Gasteiger partial charge < -0.3 is 10.6 Å². The summed E-state index contributed by atoms with van der Waals surface area (Å²) in [6.45, 7) is 1.01. The summed E-state index contributed by atoms with van der Waals surface area (Å²) in [4.78, 5) is 23.5.